The maximum atomic E-state index is 13.0. The van der Waals surface area contributed by atoms with E-state index in [2.05, 4.69) is 9.97 Å². The van der Waals surface area contributed by atoms with Crippen LogP contribution in [0.5, 0.6) is 0 Å². The molecule has 0 spiro atoms. The highest BCUT2D eigenvalue weighted by molar-refractivity contribution is 5.88. The van der Waals surface area contributed by atoms with Crippen LogP contribution in [0.3, 0.4) is 0 Å². The minimum Gasteiger partial charge on any atom is -0.458 e. The molecule has 0 radical (unpaired) electrons. The van der Waals surface area contributed by atoms with Crippen molar-refractivity contribution in [1.29, 1.82) is 0 Å². The molecule has 0 aromatic carbocycles. The van der Waals surface area contributed by atoms with Crippen LogP contribution in [0.2, 0.25) is 0 Å². The van der Waals surface area contributed by atoms with Crippen LogP contribution in [-0.4, -0.2) is 34.1 Å². The number of cyclic esters (lactones) is 2. The van der Waals surface area contributed by atoms with Gasteiger partial charge in [-0.15, -0.1) is 0 Å². The smallest absolute Gasteiger partial charge is 0.333 e. The maximum absolute atomic E-state index is 13.0. The zero-order valence-corrected chi connectivity index (χ0v) is 22.1. The van der Waals surface area contributed by atoms with Crippen LogP contribution in [-0.2, 0) is 31.9 Å². The van der Waals surface area contributed by atoms with Gasteiger partial charge in [-0.2, -0.15) is 0 Å². The molecule has 0 bridgehead atoms. The summed E-state index contributed by atoms with van der Waals surface area (Å²) in [6.45, 7) is 11.8. The molecule has 0 aliphatic carbocycles. The SMILES string of the molecule is C/C1=C\[C@H](C)C[C@H](C)[C@H](Cc2cnco2)OC(=O)/C(C)=C/[C@H](C)C[C@H](C)[C@H](Cc2cnco2)OC1=O. The summed E-state index contributed by atoms with van der Waals surface area (Å²) >= 11 is 0. The number of ether oxygens (including phenoxy) is 2. The molecule has 2 aromatic rings. The van der Waals surface area contributed by atoms with Crippen LogP contribution >= 0.6 is 0 Å². The van der Waals surface area contributed by atoms with E-state index >= 15 is 0 Å². The number of hydrogen-bond donors (Lipinski definition) is 0. The van der Waals surface area contributed by atoms with Crippen molar-refractivity contribution in [3.05, 3.63) is 60.0 Å². The van der Waals surface area contributed by atoms with Gasteiger partial charge in [0.2, 0.25) is 0 Å². The molecule has 1 aliphatic heterocycles. The normalized spacial score (nSPS) is 32.1. The van der Waals surface area contributed by atoms with Gasteiger partial charge in [0.25, 0.3) is 0 Å². The predicted octanol–water partition coefficient (Wildman–Crippen LogP) is 5.50. The van der Waals surface area contributed by atoms with Crippen molar-refractivity contribution in [3.8, 4) is 0 Å². The summed E-state index contributed by atoms with van der Waals surface area (Å²) in [5.74, 6) is 0.843. The van der Waals surface area contributed by atoms with Gasteiger partial charge in [0.15, 0.2) is 12.8 Å². The molecule has 0 fully saturated rings. The number of nitrogens with zero attached hydrogens (tertiary/aromatic N) is 2. The van der Waals surface area contributed by atoms with E-state index in [-0.39, 0.29) is 47.8 Å². The Morgan fingerprint density at radius 3 is 1.44 bits per heavy atom. The van der Waals surface area contributed by atoms with E-state index in [1.807, 2.05) is 39.8 Å². The van der Waals surface area contributed by atoms with Crippen molar-refractivity contribution in [3.63, 3.8) is 0 Å². The van der Waals surface area contributed by atoms with E-state index in [4.69, 9.17) is 18.3 Å². The average molecular weight is 499 g/mol. The Morgan fingerprint density at radius 1 is 0.722 bits per heavy atom. The molecule has 1 aliphatic rings. The number of oxazole rings is 2. The largest absolute Gasteiger partial charge is 0.458 e. The zero-order valence-electron chi connectivity index (χ0n) is 22.1. The third kappa shape index (κ3) is 7.93. The third-order valence-corrected chi connectivity index (χ3v) is 6.76. The molecule has 8 heteroatoms. The Morgan fingerprint density at radius 2 is 1.11 bits per heavy atom. The van der Waals surface area contributed by atoms with Gasteiger partial charge in [0.1, 0.15) is 23.7 Å². The second-order valence-corrected chi connectivity index (χ2v) is 10.3. The Bertz CT molecular complexity index is 956. The lowest BCUT2D eigenvalue weighted by atomic mass is 9.88. The summed E-state index contributed by atoms with van der Waals surface area (Å²) in [4.78, 5) is 34.0. The molecule has 0 amide bonds. The summed E-state index contributed by atoms with van der Waals surface area (Å²) < 4.78 is 22.8. The molecule has 3 rings (SSSR count). The molecule has 36 heavy (non-hydrogen) atoms. The second kappa shape index (κ2) is 12.7. The minimum absolute atomic E-state index is 0.0199. The van der Waals surface area contributed by atoms with Gasteiger partial charge in [-0.05, 0) is 50.4 Å². The highest BCUT2D eigenvalue weighted by Crippen LogP contribution is 2.27. The van der Waals surface area contributed by atoms with E-state index in [1.165, 1.54) is 12.8 Å². The van der Waals surface area contributed by atoms with Gasteiger partial charge in [0.05, 0.1) is 12.4 Å². The van der Waals surface area contributed by atoms with E-state index < -0.39 is 0 Å². The van der Waals surface area contributed by atoms with Crippen molar-refractivity contribution in [2.24, 2.45) is 23.7 Å². The summed E-state index contributed by atoms with van der Waals surface area (Å²) in [6, 6.07) is 0. The quantitative estimate of drug-likeness (QED) is 0.509. The van der Waals surface area contributed by atoms with Crippen LogP contribution in [0.1, 0.15) is 65.9 Å². The van der Waals surface area contributed by atoms with Gasteiger partial charge in [0, 0.05) is 24.0 Å². The number of esters is 2. The lowest BCUT2D eigenvalue weighted by Gasteiger charge is -2.27. The zero-order chi connectivity index (χ0) is 26.2. The Hall–Kier alpha value is -3.16. The fourth-order valence-corrected chi connectivity index (χ4v) is 4.86. The van der Waals surface area contributed by atoms with E-state index in [9.17, 15) is 9.59 Å². The minimum atomic E-state index is -0.384. The van der Waals surface area contributed by atoms with Crippen molar-refractivity contribution in [2.75, 3.05) is 0 Å². The van der Waals surface area contributed by atoms with Gasteiger partial charge in [-0.25, -0.2) is 19.6 Å². The lowest BCUT2D eigenvalue weighted by molar-refractivity contribution is -0.147. The molecule has 3 heterocycles. The number of rotatable bonds is 4. The van der Waals surface area contributed by atoms with Gasteiger partial charge in [-0.1, -0.05) is 39.8 Å². The first-order chi connectivity index (χ1) is 17.1. The van der Waals surface area contributed by atoms with Crippen LogP contribution in [0, 0.1) is 23.7 Å². The molecular formula is C28H38N2O6. The second-order valence-electron chi connectivity index (χ2n) is 10.3. The Labute approximate surface area is 213 Å². The maximum Gasteiger partial charge on any atom is 0.333 e. The molecular weight excluding hydrogens is 460 g/mol. The van der Waals surface area contributed by atoms with Gasteiger partial charge in [-0.3, -0.25) is 0 Å². The lowest BCUT2D eigenvalue weighted by Crippen LogP contribution is -2.30. The summed E-state index contributed by atoms with van der Waals surface area (Å²) in [5, 5.41) is 0. The highest BCUT2D eigenvalue weighted by Gasteiger charge is 2.28. The monoisotopic (exact) mass is 498 g/mol. The van der Waals surface area contributed by atoms with Gasteiger partial charge < -0.3 is 18.3 Å². The topological polar surface area (TPSA) is 105 Å². The molecule has 2 aromatic heterocycles. The first-order valence-electron chi connectivity index (χ1n) is 12.7. The van der Waals surface area contributed by atoms with Crippen LogP contribution in [0.25, 0.3) is 0 Å². The van der Waals surface area contributed by atoms with Crippen molar-refractivity contribution < 1.29 is 27.9 Å². The first-order valence-corrected chi connectivity index (χ1v) is 12.7. The number of allylic oxidation sites excluding steroid dienone is 2. The molecule has 0 saturated heterocycles. The van der Waals surface area contributed by atoms with E-state index in [0.717, 1.165) is 0 Å². The molecule has 0 unspecified atom stereocenters. The number of carbonyl (C=O) groups is 2. The third-order valence-electron chi connectivity index (χ3n) is 6.76. The van der Waals surface area contributed by atoms with Crippen molar-refractivity contribution >= 4 is 11.9 Å². The fraction of sp³-hybridized carbons (Fsp3) is 0.571. The highest BCUT2D eigenvalue weighted by atomic mass is 16.5. The molecule has 196 valence electrons. The Kier molecular flexibility index (Phi) is 9.67. The van der Waals surface area contributed by atoms with Crippen LogP contribution in [0.4, 0.5) is 0 Å². The molecule has 6 atom stereocenters. The number of aromatic nitrogens is 2. The van der Waals surface area contributed by atoms with Crippen molar-refractivity contribution in [2.45, 2.75) is 79.4 Å². The average Bonchev–Trinajstić information content (AvgIpc) is 3.51. The molecule has 0 N–H and O–H groups in total. The standard InChI is InChI=1S/C28H38N2O6/c1-17-7-19(3)25(11-23-13-29-15-33-23)35-28(32)22(6)10-18(2)8-20(4)26(12-24-14-30-16-34-24)36-27(31)21(5)9-17/h9-10,13-20,25-26H,7-8,11-12H2,1-6H3/b21-9+,22-10+/t17-,18-,19+,20+,25+,26+/m1/s1. The first kappa shape index (κ1) is 27.4. The Balaban J connectivity index is 1.87. The summed E-state index contributed by atoms with van der Waals surface area (Å²) in [5.41, 5.74) is 1.12. The van der Waals surface area contributed by atoms with E-state index in [1.54, 1.807) is 26.2 Å². The molecule has 0 saturated carbocycles. The van der Waals surface area contributed by atoms with Gasteiger partial charge >= 0.3 is 11.9 Å². The summed E-state index contributed by atoms with van der Waals surface area (Å²) in [7, 11) is 0. The number of hydrogen-bond acceptors (Lipinski definition) is 8. The summed E-state index contributed by atoms with van der Waals surface area (Å²) in [6.07, 6.45) is 11.4. The fourth-order valence-electron chi connectivity index (χ4n) is 4.86. The molecule has 8 nitrogen and oxygen atoms in total. The van der Waals surface area contributed by atoms with Crippen LogP contribution in [0.15, 0.2) is 57.3 Å². The van der Waals surface area contributed by atoms with Crippen LogP contribution < -0.4 is 0 Å². The number of carbonyl (C=O) groups excluding carboxylic acids is 2. The van der Waals surface area contributed by atoms with Crippen molar-refractivity contribution in [1.82, 2.24) is 9.97 Å². The predicted molar refractivity (Wildman–Crippen MR) is 134 cm³/mol. The van der Waals surface area contributed by atoms with E-state index in [0.29, 0.717) is 48.3 Å².